The summed E-state index contributed by atoms with van der Waals surface area (Å²) in [6.45, 7) is 2.41. The van der Waals surface area contributed by atoms with Crippen LogP contribution in [0, 0.1) is 5.92 Å². The molecule has 11 heteroatoms. The van der Waals surface area contributed by atoms with E-state index in [-0.39, 0.29) is 56.2 Å². The summed E-state index contributed by atoms with van der Waals surface area (Å²) in [6.07, 6.45) is 2.95. The Hall–Kier alpha value is -3.82. The maximum atomic E-state index is 13.1. The standard InChI is InChI=1S/C25H16Cl2O9/c1-10(28)33-21-8-19-15(6-17(21)26)25(14-5-12(23(30)31)3-4-13(14)24(32)36-25)16-7-18(27)22(34-11(2)29)9-20(16)35-19/h3,5-9,13H,4H2,1-2H3,(H,30,31). The summed E-state index contributed by atoms with van der Waals surface area (Å²) in [5, 5.41) is 9.69. The van der Waals surface area contributed by atoms with Gasteiger partial charge in [0.1, 0.15) is 11.5 Å². The maximum Gasteiger partial charge on any atom is 0.335 e. The molecule has 36 heavy (non-hydrogen) atoms. The monoisotopic (exact) mass is 530 g/mol. The second-order valence-corrected chi connectivity index (χ2v) is 9.12. The van der Waals surface area contributed by atoms with Gasteiger partial charge in [0.2, 0.25) is 0 Å². The molecule has 0 saturated carbocycles. The number of carbonyl (C=O) groups excluding carboxylic acids is 3. The smallest absolute Gasteiger partial charge is 0.335 e. The Morgan fingerprint density at radius 1 is 0.972 bits per heavy atom. The molecule has 1 saturated heterocycles. The van der Waals surface area contributed by atoms with Crippen molar-refractivity contribution in [3.8, 4) is 23.0 Å². The van der Waals surface area contributed by atoms with Gasteiger partial charge in [-0.25, -0.2) is 4.79 Å². The summed E-state index contributed by atoms with van der Waals surface area (Å²) in [7, 11) is 0. The fourth-order valence-electron chi connectivity index (χ4n) is 4.64. The second-order valence-electron chi connectivity index (χ2n) is 8.30. The molecule has 0 aromatic heterocycles. The van der Waals surface area contributed by atoms with E-state index in [1.54, 1.807) is 0 Å². The van der Waals surface area contributed by atoms with E-state index in [1.165, 1.54) is 50.3 Å². The lowest BCUT2D eigenvalue weighted by molar-refractivity contribution is -0.148. The average molecular weight is 531 g/mol. The molecule has 9 nitrogen and oxygen atoms in total. The summed E-state index contributed by atoms with van der Waals surface area (Å²) in [5.74, 6) is -3.52. The van der Waals surface area contributed by atoms with Crippen LogP contribution in [0.25, 0.3) is 0 Å². The van der Waals surface area contributed by atoms with E-state index in [9.17, 15) is 24.3 Å². The summed E-state index contributed by atoms with van der Waals surface area (Å²) < 4.78 is 22.4. The lowest BCUT2D eigenvalue weighted by Crippen LogP contribution is -2.34. The van der Waals surface area contributed by atoms with Crippen molar-refractivity contribution in [2.45, 2.75) is 25.9 Å². The van der Waals surface area contributed by atoms with Crippen LogP contribution in [0.4, 0.5) is 0 Å². The minimum absolute atomic E-state index is 0.000285. The molecule has 2 aromatic carbocycles. The molecule has 0 bridgehead atoms. The number of hydrogen-bond donors (Lipinski definition) is 1. The molecule has 1 N–H and O–H groups in total. The zero-order valence-electron chi connectivity index (χ0n) is 18.7. The maximum absolute atomic E-state index is 13.1. The minimum atomic E-state index is -1.66. The molecule has 1 spiro atoms. The third-order valence-electron chi connectivity index (χ3n) is 6.01. The molecule has 1 unspecified atom stereocenters. The van der Waals surface area contributed by atoms with Gasteiger partial charge in [0.15, 0.2) is 17.1 Å². The van der Waals surface area contributed by atoms with E-state index < -0.39 is 35.4 Å². The molecule has 2 aromatic rings. The van der Waals surface area contributed by atoms with E-state index in [0.29, 0.717) is 5.57 Å². The van der Waals surface area contributed by atoms with Crippen LogP contribution >= 0.6 is 23.2 Å². The van der Waals surface area contributed by atoms with Crippen molar-refractivity contribution in [2.75, 3.05) is 0 Å². The SMILES string of the molecule is CC(=O)Oc1cc2c(cc1Cl)C1(OC(=O)C3CC=C(C(=O)O)C=C31)c1cc(Cl)c(OC(C)=O)cc1O2. The number of carbonyl (C=O) groups is 4. The van der Waals surface area contributed by atoms with Crippen molar-refractivity contribution in [3.63, 3.8) is 0 Å². The zero-order valence-corrected chi connectivity index (χ0v) is 20.2. The van der Waals surface area contributed by atoms with Crippen LogP contribution in [0.5, 0.6) is 23.0 Å². The van der Waals surface area contributed by atoms with Crippen LogP contribution in [0.15, 0.2) is 47.6 Å². The van der Waals surface area contributed by atoms with E-state index in [4.69, 9.17) is 42.1 Å². The van der Waals surface area contributed by atoms with E-state index in [0.717, 1.165) is 0 Å². The number of benzene rings is 2. The molecule has 0 amide bonds. The van der Waals surface area contributed by atoms with Gasteiger partial charge in [-0.2, -0.15) is 0 Å². The predicted molar refractivity (Wildman–Crippen MR) is 124 cm³/mol. The first-order valence-electron chi connectivity index (χ1n) is 10.6. The Morgan fingerprint density at radius 3 is 1.97 bits per heavy atom. The summed E-state index contributed by atoms with van der Waals surface area (Å²) in [4.78, 5) is 48.0. The van der Waals surface area contributed by atoms with Gasteiger partial charge in [-0.15, -0.1) is 0 Å². The molecule has 1 fully saturated rings. The minimum Gasteiger partial charge on any atom is -0.478 e. The average Bonchev–Trinajstić information content (AvgIpc) is 3.08. The van der Waals surface area contributed by atoms with Crippen molar-refractivity contribution >= 4 is 47.1 Å². The first-order valence-corrected chi connectivity index (χ1v) is 11.4. The number of carboxylic acid groups (broad SMARTS) is 1. The number of carboxylic acids is 1. The van der Waals surface area contributed by atoms with Gasteiger partial charge in [-0.05, 0) is 30.2 Å². The third kappa shape index (κ3) is 3.63. The van der Waals surface area contributed by atoms with Gasteiger partial charge < -0.3 is 24.1 Å². The molecule has 1 atom stereocenters. The molecule has 2 aliphatic heterocycles. The summed E-state index contributed by atoms with van der Waals surface area (Å²) >= 11 is 12.8. The van der Waals surface area contributed by atoms with Crippen molar-refractivity contribution in [2.24, 2.45) is 5.92 Å². The van der Waals surface area contributed by atoms with Gasteiger partial charge in [-0.3, -0.25) is 14.4 Å². The summed E-state index contributed by atoms with van der Waals surface area (Å²) in [6, 6.07) is 5.59. The van der Waals surface area contributed by atoms with Crippen LogP contribution in [0.3, 0.4) is 0 Å². The highest BCUT2D eigenvalue weighted by atomic mass is 35.5. The van der Waals surface area contributed by atoms with Crippen LogP contribution in [-0.2, 0) is 29.5 Å². The van der Waals surface area contributed by atoms with Gasteiger partial charge in [-0.1, -0.05) is 29.3 Å². The number of rotatable bonds is 3. The first-order chi connectivity index (χ1) is 17.0. The van der Waals surface area contributed by atoms with Crippen LogP contribution in [0.2, 0.25) is 10.0 Å². The quantitative estimate of drug-likeness (QED) is 0.443. The van der Waals surface area contributed by atoms with Crippen molar-refractivity contribution in [1.29, 1.82) is 0 Å². The number of halogens is 2. The lowest BCUT2D eigenvalue weighted by atomic mass is 9.72. The van der Waals surface area contributed by atoms with E-state index >= 15 is 0 Å². The second kappa shape index (κ2) is 8.39. The van der Waals surface area contributed by atoms with Crippen LogP contribution in [0.1, 0.15) is 31.4 Å². The Morgan fingerprint density at radius 2 is 1.50 bits per heavy atom. The van der Waals surface area contributed by atoms with E-state index in [2.05, 4.69) is 0 Å². The Bertz CT molecular complexity index is 1380. The van der Waals surface area contributed by atoms with Crippen molar-refractivity contribution in [1.82, 2.24) is 0 Å². The van der Waals surface area contributed by atoms with Gasteiger partial charge >= 0.3 is 23.9 Å². The third-order valence-corrected chi connectivity index (χ3v) is 6.60. The predicted octanol–water partition coefficient (Wildman–Crippen LogP) is 4.71. The highest BCUT2D eigenvalue weighted by Crippen LogP contribution is 2.61. The molecular weight excluding hydrogens is 515 g/mol. The van der Waals surface area contributed by atoms with Gasteiger partial charge in [0.05, 0.1) is 21.5 Å². The molecular formula is C25H16Cl2O9. The highest BCUT2D eigenvalue weighted by Gasteiger charge is 2.58. The van der Waals surface area contributed by atoms with Gasteiger partial charge in [0.25, 0.3) is 0 Å². The molecule has 5 rings (SSSR count). The zero-order chi connectivity index (χ0) is 25.9. The lowest BCUT2D eigenvalue weighted by Gasteiger charge is -2.38. The molecule has 1 aliphatic carbocycles. The van der Waals surface area contributed by atoms with E-state index in [1.807, 2.05) is 0 Å². The number of ether oxygens (including phenoxy) is 4. The Balaban J connectivity index is 1.82. The number of fused-ring (bicyclic) bond motifs is 6. The number of aliphatic carboxylic acids is 1. The Labute approximate surface area is 213 Å². The number of allylic oxidation sites excluding steroid dienone is 1. The summed E-state index contributed by atoms with van der Waals surface area (Å²) in [5.41, 5.74) is -0.761. The molecule has 184 valence electrons. The van der Waals surface area contributed by atoms with Crippen molar-refractivity contribution < 1.29 is 43.2 Å². The fraction of sp³-hybridized carbons (Fsp3) is 0.200. The molecule has 3 aliphatic rings. The fourth-order valence-corrected chi connectivity index (χ4v) is 5.04. The van der Waals surface area contributed by atoms with Gasteiger partial charge in [0, 0.05) is 37.1 Å². The van der Waals surface area contributed by atoms with Crippen LogP contribution < -0.4 is 14.2 Å². The highest BCUT2D eigenvalue weighted by molar-refractivity contribution is 6.32. The number of hydrogen-bond acceptors (Lipinski definition) is 8. The topological polar surface area (TPSA) is 125 Å². The molecule has 0 radical (unpaired) electrons. The molecule has 2 heterocycles. The Kier molecular flexibility index (Phi) is 5.57. The normalized spacial score (nSPS) is 18.6. The van der Waals surface area contributed by atoms with Crippen LogP contribution in [-0.4, -0.2) is 29.0 Å². The first kappa shape index (κ1) is 23.9. The number of esters is 3. The van der Waals surface area contributed by atoms with Crippen molar-refractivity contribution in [3.05, 3.63) is 68.7 Å². The largest absolute Gasteiger partial charge is 0.478 e.